The summed E-state index contributed by atoms with van der Waals surface area (Å²) in [5, 5.41) is 6.28. The summed E-state index contributed by atoms with van der Waals surface area (Å²) in [4.78, 5) is 16.1. The summed E-state index contributed by atoms with van der Waals surface area (Å²) in [6, 6.07) is 5.86. The van der Waals surface area contributed by atoms with Crippen molar-refractivity contribution in [2.75, 3.05) is 6.54 Å². The second-order valence-corrected chi connectivity index (χ2v) is 4.48. The number of carbonyl (C=O) groups is 1. The van der Waals surface area contributed by atoms with Crippen LogP contribution in [0.4, 0.5) is 0 Å². The number of nitrogens with zero attached hydrogens (tertiary/aromatic N) is 1. The zero-order valence-electron chi connectivity index (χ0n) is 10.1. The quantitative estimate of drug-likeness (QED) is 0.829. The highest BCUT2D eigenvalue weighted by Gasteiger charge is 2.22. The lowest BCUT2D eigenvalue weighted by atomic mass is 10.1. The maximum atomic E-state index is 11.8. The van der Waals surface area contributed by atoms with Crippen LogP contribution >= 0.6 is 0 Å². The van der Waals surface area contributed by atoms with Gasteiger partial charge in [-0.05, 0) is 38.3 Å². The van der Waals surface area contributed by atoms with Crippen LogP contribution in [-0.4, -0.2) is 23.5 Å². The topological polar surface area (TPSA) is 54.0 Å². The molecule has 0 radical (unpaired) electrons. The number of carbonyl (C=O) groups excluding carboxylic acids is 1. The van der Waals surface area contributed by atoms with Gasteiger partial charge in [0.2, 0.25) is 5.91 Å². The third-order valence-electron chi connectivity index (χ3n) is 3.12. The van der Waals surface area contributed by atoms with E-state index in [1.54, 1.807) is 6.20 Å². The van der Waals surface area contributed by atoms with Gasteiger partial charge in [-0.25, -0.2) is 0 Å². The molecule has 2 N–H and O–H groups in total. The van der Waals surface area contributed by atoms with Crippen LogP contribution in [0.25, 0.3) is 0 Å². The van der Waals surface area contributed by atoms with Crippen LogP contribution in [0.5, 0.6) is 0 Å². The minimum absolute atomic E-state index is 0.0884. The summed E-state index contributed by atoms with van der Waals surface area (Å²) in [5.41, 5.74) is 0.976. The number of hydrogen-bond acceptors (Lipinski definition) is 3. The zero-order chi connectivity index (χ0) is 12.1. The number of amides is 1. The minimum Gasteiger partial charge on any atom is -0.355 e. The number of pyridine rings is 1. The van der Waals surface area contributed by atoms with Gasteiger partial charge in [-0.2, -0.15) is 0 Å². The molecule has 1 unspecified atom stereocenters. The Bertz CT molecular complexity index is 366. The Morgan fingerprint density at radius 1 is 1.47 bits per heavy atom. The Hall–Kier alpha value is -1.42. The van der Waals surface area contributed by atoms with Crippen molar-refractivity contribution in [3.8, 4) is 0 Å². The second-order valence-electron chi connectivity index (χ2n) is 4.48. The van der Waals surface area contributed by atoms with Gasteiger partial charge in [-0.15, -0.1) is 0 Å². The van der Waals surface area contributed by atoms with Gasteiger partial charge in [0.25, 0.3) is 0 Å². The Morgan fingerprint density at radius 2 is 2.35 bits per heavy atom. The molecule has 1 saturated heterocycles. The number of rotatable bonds is 3. The van der Waals surface area contributed by atoms with Crippen LogP contribution in [0.1, 0.15) is 37.9 Å². The van der Waals surface area contributed by atoms with Gasteiger partial charge in [0.15, 0.2) is 0 Å². The molecule has 4 heteroatoms. The van der Waals surface area contributed by atoms with Crippen molar-refractivity contribution in [3.63, 3.8) is 0 Å². The molecule has 0 saturated carbocycles. The molecule has 2 rings (SSSR count). The lowest BCUT2D eigenvalue weighted by Crippen LogP contribution is -2.43. The lowest BCUT2D eigenvalue weighted by Gasteiger charge is -2.20. The van der Waals surface area contributed by atoms with Crippen LogP contribution in [0.2, 0.25) is 0 Å². The molecule has 0 spiro atoms. The molecular formula is C13H19N3O. The average molecular weight is 233 g/mol. The number of aromatic nitrogens is 1. The molecule has 1 fully saturated rings. The van der Waals surface area contributed by atoms with Crippen molar-refractivity contribution in [1.29, 1.82) is 0 Å². The predicted octanol–water partition coefficient (Wildman–Crippen LogP) is 1.40. The lowest BCUT2D eigenvalue weighted by molar-refractivity contribution is -0.123. The van der Waals surface area contributed by atoms with E-state index in [1.807, 2.05) is 25.1 Å². The van der Waals surface area contributed by atoms with Crippen LogP contribution in [0.3, 0.4) is 0 Å². The van der Waals surface area contributed by atoms with Gasteiger partial charge in [0, 0.05) is 18.8 Å². The molecule has 1 amide bonds. The summed E-state index contributed by atoms with van der Waals surface area (Å²) >= 11 is 0. The van der Waals surface area contributed by atoms with E-state index in [4.69, 9.17) is 0 Å². The van der Waals surface area contributed by atoms with Crippen molar-refractivity contribution < 1.29 is 4.79 Å². The monoisotopic (exact) mass is 233 g/mol. The molecule has 0 aromatic carbocycles. The van der Waals surface area contributed by atoms with Crippen LogP contribution in [0, 0.1) is 0 Å². The van der Waals surface area contributed by atoms with E-state index in [0.29, 0.717) is 0 Å². The molecular weight excluding hydrogens is 214 g/mol. The van der Waals surface area contributed by atoms with E-state index in [1.165, 1.54) is 0 Å². The largest absolute Gasteiger partial charge is 0.355 e. The summed E-state index contributed by atoms with van der Waals surface area (Å²) in [7, 11) is 0. The molecule has 2 atom stereocenters. The smallest absolute Gasteiger partial charge is 0.237 e. The molecule has 1 aliphatic heterocycles. The number of hydrogen-bond donors (Lipinski definition) is 2. The summed E-state index contributed by atoms with van der Waals surface area (Å²) < 4.78 is 0. The molecule has 17 heavy (non-hydrogen) atoms. The molecule has 1 aromatic heterocycles. The summed E-state index contributed by atoms with van der Waals surface area (Å²) in [5.74, 6) is 0.116. The first-order valence-electron chi connectivity index (χ1n) is 6.22. The predicted molar refractivity (Wildman–Crippen MR) is 66.4 cm³/mol. The van der Waals surface area contributed by atoms with Gasteiger partial charge in [0.05, 0.1) is 11.7 Å². The van der Waals surface area contributed by atoms with E-state index >= 15 is 0 Å². The number of nitrogens with one attached hydrogen (secondary N) is 2. The highest BCUT2D eigenvalue weighted by Crippen LogP contribution is 2.13. The van der Waals surface area contributed by atoms with Crippen molar-refractivity contribution in [2.24, 2.45) is 0 Å². The van der Waals surface area contributed by atoms with E-state index in [9.17, 15) is 4.79 Å². The molecule has 0 aliphatic carbocycles. The van der Waals surface area contributed by atoms with Crippen molar-refractivity contribution in [3.05, 3.63) is 30.1 Å². The Morgan fingerprint density at radius 3 is 3.12 bits per heavy atom. The van der Waals surface area contributed by atoms with Crippen molar-refractivity contribution in [1.82, 2.24) is 15.6 Å². The highest BCUT2D eigenvalue weighted by molar-refractivity contribution is 5.81. The van der Waals surface area contributed by atoms with Crippen molar-refractivity contribution >= 4 is 5.91 Å². The first kappa shape index (κ1) is 12.0. The fourth-order valence-electron chi connectivity index (χ4n) is 2.12. The van der Waals surface area contributed by atoms with Gasteiger partial charge in [0.1, 0.15) is 0 Å². The van der Waals surface area contributed by atoms with Gasteiger partial charge >= 0.3 is 0 Å². The van der Waals surface area contributed by atoms with Crippen LogP contribution in [0.15, 0.2) is 24.4 Å². The molecule has 4 nitrogen and oxygen atoms in total. The highest BCUT2D eigenvalue weighted by atomic mass is 16.2. The van der Waals surface area contributed by atoms with Crippen LogP contribution in [-0.2, 0) is 4.79 Å². The zero-order valence-corrected chi connectivity index (χ0v) is 10.1. The minimum atomic E-state index is -0.0884. The standard InChI is InChI=1S/C13H19N3O/c1-10(11-6-2-4-8-14-11)16-12-7-3-5-9-15-13(12)17/h2,4,6,8,10,12,16H,3,5,7,9H2,1H3,(H,15,17)/t10-,12?/m1/s1. The fraction of sp³-hybridized carbons (Fsp3) is 0.538. The van der Waals surface area contributed by atoms with Gasteiger partial charge in [-0.3, -0.25) is 15.1 Å². The van der Waals surface area contributed by atoms with E-state index < -0.39 is 0 Å². The molecule has 1 aromatic rings. The fourth-order valence-corrected chi connectivity index (χ4v) is 2.12. The SMILES string of the molecule is C[C@@H](NC1CCCCNC1=O)c1ccccn1. The van der Waals surface area contributed by atoms with Crippen molar-refractivity contribution in [2.45, 2.75) is 38.3 Å². The van der Waals surface area contributed by atoms with E-state index in [2.05, 4.69) is 15.6 Å². The molecule has 92 valence electrons. The summed E-state index contributed by atoms with van der Waals surface area (Å²) in [6.45, 7) is 2.84. The second kappa shape index (κ2) is 5.77. The maximum absolute atomic E-state index is 11.8. The van der Waals surface area contributed by atoms with Gasteiger partial charge < -0.3 is 5.32 Å². The third kappa shape index (κ3) is 3.27. The third-order valence-corrected chi connectivity index (χ3v) is 3.12. The summed E-state index contributed by atoms with van der Waals surface area (Å²) in [6.07, 6.45) is 4.84. The van der Waals surface area contributed by atoms with Gasteiger partial charge in [-0.1, -0.05) is 6.07 Å². The van der Waals surface area contributed by atoms with E-state index in [0.717, 1.165) is 31.5 Å². The Kier molecular flexibility index (Phi) is 4.09. The first-order chi connectivity index (χ1) is 8.27. The van der Waals surface area contributed by atoms with Crippen LogP contribution < -0.4 is 10.6 Å². The average Bonchev–Trinajstić information content (AvgIpc) is 2.56. The maximum Gasteiger partial charge on any atom is 0.237 e. The molecule has 1 aliphatic rings. The Balaban J connectivity index is 1.97. The Labute approximate surface area is 102 Å². The first-order valence-corrected chi connectivity index (χ1v) is 6.22. The molecule has 2 heterocycles. The molecule has 0 bridgehead atoms. The normalized spacial score (nSPS) is 22.6. The van der Waals surface area contributed by atoms with E-state index in [-0.39, 0.29) is 18.0 Å².